The van der Waals surface area contributed by atoms with Crippen molar-refractivity contribution in [1.29, 1.82) is 0 Å². The van der Waals surface area contributed by atoms with E-state index in [0.29, 0.717) is 0 Å². The zero-order chi connectivity index (χ0) is 6.69. The minimum absolute atomic E-state index is 0.584. The van der Waals surface area contributed by atoms with Gasteiger partial charge in [-0.15, -0.1) is 0 Å². The monoisotopic (exact) mass is 126 g/mol. The van der Waals surface area contributed by atoms with Crippen LogP contribution in [0.2, 0.25) is 0 Å². The third-order valence-electron chi connectivity index (χ3n) is 1.17. The van der Waals surface area contributed by atoms with E-state index in [1.165, 1.54) is 0 Å². The first-order chi connectivity index (χ1) is 4.30. The zero-order valence-corrected chi connectivity index (χ0v) is 4.92. The van der Waals surface area contributed by atoms with Gasteiger partial charge in [-0.25, -0.2) is 0 Å². The molecule has 1 atom stereocenters. The molecule has 9 heavy (non-hydrogen) atoms. The van der Waals surface area contributed by atoms with Crippen LogP contribution in [0.3, 0.4) is 0 Å². The molecule has 49 valence electrons. The van der Waals surface area contributed by atoms with Crippen LogP contribution in [0.1, 0.15) is 6.42 Å². The minimum Gasteiger partial charge on any atom is -0.480 e. The first-order valence-corrected chi connectivity index (χ1v) is 2.84. The van der Waals surface area contributed by atoms with E-state index < -0.39 is 12.0 Å². The molecule has 0 aromatic heterocycles. The average Bonchev–Trinajstić information content (AvgIpc) is 1.90. The highest BCUT2D eigenvalue weighted by atomic mass is 16.4. The first-order valence-electron chi connectivity index (χ1n) is 2.84. The average molecular weight is 126 g/mol. The maximum absolute atomic E-state index is 10.2. The Morgan fingerprint density at radius 1 is 1.89 bits per heavy atom. The van der Waals surface area contributed by atoms with Gasteiger partial charge in [-0.05, 0) is 19.0 Å². The SMILES string of the molecule is O=C(O)C1[C]=CCCN1. The van der Waals surface area contributed by atoms with E-state index in [1.54, 1.807) is 6.08 Å². The Balaban J connectivity index is 2.50. The molecule has 1 rings (SSSR count). The number of carbonyl (C=O) groups is 1. The van der Waals surface area contributed by atoms with Crippen LogP contribution in [-0.2, 0) is 4.79 Å². The van der Waals surface area contributed by atoms with Crippen molar-refractivity contribution >= 4 is 5.97 Å². The summed E-state index contributed by atoms with van der Waals surface area (Å²) in [7, 11) is 0. The summed E-state index contributed by atoms with van der Waals surface area (Å²) in [5.74, 6) is -0.856. The molecule has 3 nitrogen and oxygen atoms in total. The van der Waals surface area contributed by atoms with Crippen LogP contribution in [0.25, 0.3) is 0 Å². The molecule has 1 radical (unpaired) electrons. The molecule has 3 heteroatoms. The fourth-order valence-electron chi connectivity index (χ4n) is 0.719. The molecule has 2 N–H and O–H groups in total. The molecular weight excluding hydrogens is 118 g/mol. The Bertz CT molecular complexity index is 142. The molecule has 0 aromatic rings. The molecule has 1 heterocycles. The molecule has 0 aliphatic carbocycles. The van der Waals surface area contributed by atoms with E-state index >= 15 is 0 Å². The number of carboxylic acids is 1. The standard InChI is InChI=1S/C6H8NO2/c8-6(9)5-3-1-2-4-7-5/h1,5,7H,2,4H2,(H,8,9). The number of nitrogens with one attached hydrogen (secondary N) is 1. The summed E-state index contributed by atoms with van der Waals surface area (Å²) in [6.07, 6.45) is 5.32. The van der Waals surface area contributed by atoms with E-state index in [9.17, 15) is 4.79 Å². The van der Waals surface area contributed by atoms with Crippen LogP contribution in [0.4, 0.5) is 0 Å². The fourth-order valence-corrected chi connectivity index (χ4v) is 0.719. The van der Waals surface area contributed by atoms with Gasteiger partial charge < -0.3 is 10.4 Å². The van der Waals surface area contributed by atoms with Crippen molar-refractivity contribution in [2.45, 2.75) is 12.5 Å². The second-order valence-electron chi connectivity index (χ2n) is 1.88. The predicted molar refractivity (Wildman–Crippen MR) is 31.9 cm³/mol. The van der Waals surface area contributed by atoms with Crippen LogP contribution in [0, 0.1) is 6.08 Å². The summed E-state index contributed by atoms with van der Waals surface area (Å²) in [5, 5.41) is 11.2. The summed E-state index contributed by atoms with van der Waals surface area (Å²) in [6, 6.07) is -0.584. The number of aliphatic carboxylic acids is 1. The van der Waals surface area contributed by atoms with Crippen molar-refractivity contribution in [1.82, 2.24) is 5.32 Å². The molecule has 0 bridgehead atoms. The van der Waals surface area contributed by atoms with Crippen molar-refractivity contribution in [3.8, 4) is 0 Å². The van der Waals surface area contributed by atoms with Crippen LogP contribution in [-0.4, -0.2) is 23.7 Å². The summed E-state index contributed by atoms with van der Waals surface area (Å²) < 4.78 is 0. The van der Waals surface area contributed by atoms with Crippen LogP contribution < -0.4 is 5.32 Å². The van der Waals surface area contributed by atoms with E-state index in [2.05, 4.69) is 11.4 Å². The van der Waals surface area contributed by atoms with Crippen molar-refractivity contribution in [2.24, 2.45) is 0 Å². The van der Waals surface area contributed by atoms with E-state index in [4.69, 9.17) is 5.11 Å². The molecule has 0 saturated carbocycles. The van der Waals surface area contributed by atoms with Gasteiger partial charge >= 0.3 is 5.97 Å². The predicted octanol–water partition coefficient (Wildman–Crippen LogP) is -0.208. The maximum atomic E-state index is 10.2. The summed E-state index contributed by atoms with van der Waals surface area (Å²) in [4.78, 5) is 10.2. The molecular formula is C6H8NO2. The molecule has 0 saturated heterocycles. The lowest BCUT2D eigenvalue weighted by molar-refractivity contribution is -0.138. The summed E-state index contributed by atoms with van der Waals surface area (Å²) in [6.45, 7) is 0.740. The molecule has 1 aliphatic heterocycles. The number of hydrogen-bond donors (Lipinski definition) is 2. The first kappa shape index (κ1) is 6.29. The Morgan fingerprint density at radius 3 is 3.00 bits per heavy atom. The van der Waals surface area contributed by atoms with Gasteiger partial charge in [-0.2, -0.15) is 0 Å². The van der Waals surface area contributed by atoms with E-state index in [1.807, 2.05) is 0 Å². The Labute approximate surface area is 53.4 Å². The maximum Gasteiger partial charge on any atom is 0.325 e. The van der Waals surface area contributed by atoms with Crippen molar-refractivity contribution < 1.29 is 9.90 Å². The number of rotatable bonds is 1. The van der Waals surface area contributed by atoms with Gasteiger partial charge in [0.25, 0.3) is 0 Å². The smallest absolute Gasteiger partial charge is 0.325 e. The second kappa shape index (κ2) is 2.64. The van der Waals surface area contributed by atoms with Gasteiger partial charge in [0.05, 0.1) is 0 Å². The molecule has 0 aromatic carbocycles. The highest BCUT2D eigenvalue weighted by molar-refractivity contribution is 5.75. The molecule has 0 spiro atoms. The molecule has 1 aliphatic rings. The minimum atomic E-state index is -0.856. The highest BCUT2D eigenvalue weighted by Gasteiger charge is 2.14. The second-order valence-corrected chi connectivity index (χ2v) is 1.88. The lowest BCUT2D eigenvalue weighted by Gasteiger charge is -2.12. The Kier molecular flexibility index (Phi) is 1.85. The number of carboxylic acid groups (broad SMARTS) is 1. The third-order valence-corrected chi connectivity index (χ3v) is 1.17. The van der Waals surface area contributed by atoms with Gasteiger partial charge in [-0.1, -0.05) is 6.08 Å². The fraction of sp³-hybridized carbons (Fsp3) is 0.500. The van der Waals surface area contributed by atoms with E-state index in [-0.39, 0.29) is 0 Å². The zero-order valence-electron chi connectivity index (χ0n) is 4.92. The third kappa shape index (κ3) is 1.54. The topological polar surface area (TPSA) is 49.3 Å². The van der Waals surface area contributed by atoms with Gasteiger partial charge in [-0.3, -0.25) is 4.79 Å². The van der Waals surface area contributed by atoms with Crippen LogP contribution >= 0.6 is 0 Å². The van der Waals surface area contributed by atoms with Gasteiger partial charge in [0, 0.05) is 0 Å². The van der Waals surface area contributed by atoms with Crippen LogP contribution in [0.15, 0.2) is 6.08 Å². The largest absolute Gasteiger partial charge is 0.480 e. The van der Waals surface area contributed by atoms with Gasteiger partial charge in [0.2, 0.25) is 0 Å². The van der Waals surface area contributed by atoms with Crippen molar-refractivity contribution in [2.75, 3.05) is 6.54 Å². The van der Waals surface area contributed by atoms with Crippen molar-refractivity contribution in [3.05, 3.63) is 12.2 Å². The van der Waals surface area contributed by atoms with Gasteiger partial charge in [0.1, 0.15) is 6.04 Å². The summed E-state index contributed by atoms with van der Waals surface area (Å²) in [5.41, 5.74) is 0. The normalized spacial score (nSPS) is 26.0. The Hall–Kier alpha value is -0.830. The quantitative estimate of drug-likeness (QED) is 0.511. The lowest BCUT2D eigenvalue weighted by atomic mass is 10.2. The van der Waals surface area contributed by atoms with E-state index in [0.717, 1.165) is 13.0 Å². The van der Waals surface area contributed by atoms with Crippen LogP contribution in [0.5, 0.6) is 0 Å². The lowest BCUT2D eigenvalue weighted by Crippen LogP contribution is -2.37. The number of hydrogen-bond acceptors (Lipinski definition) is 2. The molecule has 1 unspecified atom stereocenters. The molecule has 0 amide bonds. The highest BCUT2D eigenvalue weighted by Crippen LogP contribution is 1.94. The summed E-state index contributed by atoms with van der Waals surface area (Å²) >= 11 is 0. The van der Waals surface area contributed by atoms with Gasteiger partial charge in [0.15, 0.2) is 0 Å². The van der Waals surface area contributed by atoms with Crippen molar-refractivity contribution in [3.63, 3.8) is 0 Å². The Morgan fingerprint density at radius 2 is 2.67 bits per heavy atom. The molecule has 0 fully saturated rings.